The van der Waals surface area contributed by atoms with Crippen LogP contribution in [0.25, 0.3) is 0 Å². The highest BCUT2D eigenvalue weighted by Crippen LogP contribution is 2.32. The number of aliphatic hydroxyl groups is 1. The zero-order chi connectivity index (χ0) is 17.4. The molecule has 0 aliphatic rings. The maximum Gasteiger partial charge on any atom is 0.322 e. The molecule has 2 amide bonds. The highest BCUT2D eigenvalue weighted by atomic mass is 35.5. The number of hydrogen-bond donors (Lipinski definition) is 2. The number of halogens is 1. The Morgan fingerprint density at radius 1 is 1.21 bits per heavy atom. The van der Waals surface area contributed by atoms with E-state index in [1.165, 1.54) is 0 Å². The van der Waals surface area contributed by atoms with Gasteiger partial charge in [0.15, 0.2) is 5.75 Å². The average molecular weight is 349 g/mol. The zero-order valence-corrected chi connectivity index (χ0v) is 14.3. The molecule has 0 aromatic heterocycles. The first-order valence-electron chi connectivity index (χ1n) is 7.83. The minimum absolute atomic E-state index is 0.0870. The summed E-state index contributed by atoms with van der Waals surface area (Å²) < 4.78 is 5.82. The van der Waals surface area contributed by atoms with E-state index in [0.717, 1.165) is 6.42 Å². The van der Waals surface area contributed by atoms with E-state index >= 15 is 0 Å². The van der Waals surface area contributed by atoms with Crippen LogP contribution < -0.4 is 10.1 Å². The molecule has 2 aromatic carbocycles. The van der Waals surface area contributed by atoms with E-state index in [2.05, 4.69) is 5.32 Å². The van der Waals surface area contributed by atoms with Gasteiger partial charge in [-0.25, -0.2) is 4.79 Å². The molecule has 0 saturated carbocycles. The molecule has 2 N–H and O–H groups in total. The van der Waals surface area contributed by atoms with Crippen molar-refractivity contribution in [3.05, 3.63) is 53.6 Å². The molecule has 0 fully saturated rings. The monoisotopic (exact) mass is 348 g/mol. The molecule has 6 heteroatoms. The zero-order valence-electron chi connectivity index (χ0n) is 13.5. The van der Waals surface area contributed by atoms with Crippen molar-refractivity contribution in [3.8, 4) is 11.5 Å². The molecule has 0 unspecified atom stereocenters. The van der Waals surface area contributed by atoms with Crippen molar-refractivity contribution in [1.29, 1.82) is 0 Å². The fourth-order valence-electron chi connectivity index (χ4n) is 2.20. The van der Waals surface area contributed by atoms with E-state index in [1.54, 1.807) is 23.1 Å². The van der Waals surface area contributed by atoms with E-state index in [4.69, 9.17) is 21.4 Å². The van der Waals surface area contributed by atoms with Crippen molar-refractivity contribution >= 4 is 23.3 Å². The number of urea groups is 1. The lowest BCUT2D eigenvalue weighted by Crippen LogP contribution is -2.37. The minimum Gasteiger partial charge on any atom is -0.455 e. The van der Waals surface area contributed by atoms with Gasteiger partial charge in [0.2, 0.25) is 0 Å². The Morgan fingerprint density at radius 3 is 2.62 bits per heavy atom. The van der Waals surface area contributed by atoms with Gasteiger partial charge in [-0.05, 0) is 36.8 Å². The van der Waals surface area contributed by atoms with Gasteiger partial charge in [0.05, 0.1) is 12.3 Å². The number of ether oxygens (including phenoxy) is 1. The van der Waals surface area contributed by atoms with Crippen molar-refractivity contribution in [2.24, 2.45) is 0 Å². The number of rotatable bonds is 7. The van der Waals surface area contributed by atoms with Crippen molar-refractivity contribution in [3.63, 3.8) is 0 Å². The molecular weight excluding hydrogens is 328 g/mol. The van der Waals surface area contributed by atoms with Crippen LogP contribution in [-0.2, 0) is 0 Å². The summed E-state index contributed by atoms with van der Waals surface area (Å²) in [5.41, 5.74) is 0.482. The standard InChI is InChI=1S/C18H21ClN2O3/c1-2-10-21(11-12-22)18(23)20-16-13-14(19)8-9-17(16)24-15-6-4-3-5-7-15/h3-9,13,22H,2,10-12H2,1H3,(H,20,23). The topological polar surface area (TPSA) is 61.8 Å². The molecule has 0 heterocycles. The summed E-state index contributed by atoms with van der Waals surface area (Å²) in [4.78, 5) is 14.0. The Morgan fingerprint density at radius 2 is 1.96 bits per heavy atom. The number of hydrogen-bond acceptors (Lipinski definition) is 3. The number of carbonyl (C=O) groups excluding carboxylic acids is 1. The van der Waals surface area contributed by atoms with Gasteiger partial charge in [0, 0.05) is 18.1 Å². The predicted octanol–water partition coefficient (Wildman–Crippen LogP) is 4.37. The van der Waals surface area contributed by atoms with Gasteiger partial charge in [0.25, 0.3) is 0 Å². The molecule has 2 aromatic rings. The second-order valence-corrected chi connectivity index (χ2v) is 5.63. The number of amides is 2. The smallest absolute Gasteiger partial charge is 0.322 e. The second-order valence-electron chi connectivity index (χ2n) is 5.20. The van der Waals surface area contributed by atoms with E-state index < -0.39 is 0 Å². The van der Waals surface area contributed by atoms with Crippen molar-refractivity contribution in [1.82, 2.24) is 4.90 Å². The molecular formula is C18H21ClN2O3. The van der Waals surface area contributed by atoms with Crippen molar-refractivity contribution in [2.45, 2.75) is 13.3 Å². The lowest BCUT2D eigenvalue weighted by molar-refractivity contribution is 0.188. The number of anilines is 1. The summed E-state index contributed by atoms with van der Waals surface area (Å²) in [6.07, 6.45) is 0.802. The summed E-state index contributed by atoms with van der Waals surface area (Å²) in [5, 5.41) is 12.4. The quantitative estimate of drug-likeness (QED) is 0.781. The third-order valence-electron chi connectivity index (χ3n) is 3.30. The molecule has 0 saturated heterocycles. The number of aliphatic hydroxyl groups excluding tert-OH is 1. The van der Waals surface area contributed by atoms with E-state index in [-0.39, 0.29) is 19.2 Å². The molecule has 0 radical (unpaired) electrons. The van der Waals surface area contributed by atoms with Crippen LogP contribution in [-0.4, -0.2) is 35.7 Å². The Bertz CT molecular complexity index is 659. The summed E-state index contributed by atoms with van der Waals surface area (Å²) in [6.45, 7) is 2.72. The fraction of sp³-hybridized carbons (Fsp3) is 0.278. The van der Waals surface area contributed by atoms with Gasteiger partial charge in [-0.1, -0.05) is 36.7 Å². The lowest BCUT2D eigenvalue weighted by Gasteiger charge is -2.22. The predicted molar refractivity (Wildman–Crippen MR) is 95.9 cm³/mol. The Kier molecular flexibility index (Phi) is 6.90. The number of carbonyl (C=O) groups is 1. The van der Waals surface area contributed by atoms with Crippen LogP contribution in [0.1, 0.15) is 13.3 Å². The number of para-hydroxylation sites is 1. The van der Waals surface area contributed by atoms with Gasteiger partial charge in [-0.3, -0.25) is 0 Å². The maximum absolute atomic E-state index is 12.4. The molecule has 2 rings (SSSR count). The van der Waals surface area contributed by atoms with Crippen LogP contribution in [0.3, 0.4) is 0 Å². The van der Waals surface area contributed by atoms with Crippen LogP contribution in [0.4, 0.5) is 10.5 Å². The maximum atomic E-state index is 12.4. The molecule has 128 valence electrons. The van der Waals surface area contributed by atoms with Gasteiger partial charge >= 0.3 is 6.03 Å². The Hall–Kier alpha value is -2.24. The molecule has 0 bridgehead atoms. The average Bonchev–Trinajstić information content (AvgIpc) is 2.58. The van der Waals surface area contributed by atoms with Gasteiger partial charge < -0.3 is 20.1 Å². The molecule has 0 aliphatic heterocycles. The van der Waals surface area contributed by atoms with Crippen LogP contribution in [0.15, 0.2) is 48.5 Å². The number of nitrogens with zero attached hydrogens (tertiary/aromatic N) is 1. The van der Waals surface area contributed by atoms with E-state index in [1.807, 2.05) is 37.3 Å². The number of nitrogens with one attached hydrogen (secondary N) is 1. The van der Waals surface area contributed by atoms with E-state index in [0.29, 0.717) is 28.8 Å². The summed E-state index contributed by atoms with van der Waals surface area (Å²) in [5.74, 6) is 1.16. The first-order chi connectivity index (χ1) is 11.6. The molecule has 0 aliphatic carbocycles. The normalized spacial score (nSPS) is 10.3. The fourth-order valence-corrected chi connectivity index (χ4v) is 2.38. The van der Waals surface area contributed by atoms with Crippen LogP contribution in [0, 0.1) is 0 Å². The summed E-state index contributed by atoms with van der Waals surface area (Å²) >= 11 is 6.04. The minimum atomic E-state index is -0.300. The van der Waals surface area contributed by atoms with Crippen molar-refractivity contribution in [2.75, 3.05) is 25.0 Å². The molecule has 0 atom stereocenters. The summed E-state index contributed by atoms with van der Waals surface area (Å²) in [7, 11) is 0. The first-order valence-corrected chi connectivity index (χ1v) is 8.21. The van der Waals surface area contributed by atoms with Gasteiger partial charge in [0.1, 0.15) is 5.75 Å². The molecule has 0 spiro atoms. The van der Waals surface area contributed by atoms with Crippen LogP contribution in [0.5, 0.6) is 11.5 Å². The SMILES string of the molecule is CCCN(CCO)C(=O)Nc1cc(Cl)ccc1Oc1ccccc1. The number of benzene rings is 2. The van der Waals surface area contributed by atoms with Crippen molar-refractivity contribution < 1.29 is 14.6 Å². The highest BCUT2D eigenvalue weighted by Gasteiger charge is 2.15. The Labute approximate surface area is 146 Å². The molecule has 24 heavy (non-hydrogen) atoms. The van der Waals surface area contributed by atoms with Crippen LogP contribution in [0.2, 0.25) is 5.02 Å². The van der Waals surface area contributed by atoms with Gasteiger partial charge in [-0.2, -0.15) is 0 Å². The Balaban J connectivity index is 2.19. The largest absolute Gasteiger partial charge is 0.455 e. The first kappa shape index (κ1) is 18.1. The van der Waals surface area contributed by atoms with Crippen LogP contribution >= 0.6 is 11.6 Å². The summed E-state index contributed by atoms with van der Waals surface area (Å²) in [6, 6.07) is 14.0. The molecule has 5 nitrogen and oxygen atoms in total. The lowest BCUT2D eigenvalue weighted by atomic mass is 10.3. The van der Waals surface area contributed by atoms with E-state index in [9.17, 15) is 4.79 Å². The third kappa shape index (κ3) is 5.15. The highest BCUT2D eigenvalue weighted by molar-refractivity contribution is 6.31. The van der Waals surface area contributed by atoms with Gasteiger partial charge in [-0.15, -0.1) is 0 Å². The third-order valence-corrected chi connectivity index (χ3v) is 3.54. The second kappa shape index (κ2) is 9.15.